The molecule has 0 aliphatic heterocycles. The number of anilines is 1. The molecule has 0 unspecified atom stereocenters. The highest BCUT2D eigenvalue weighted by molar-refractivity contribution is 8.02. The number of thioether (sulfide) groups is 2. The van der Waals surface area contributed by atoms with Gasteiger partial charge in [0.05, 0.1) is 36.9 Å². The molecule has 14 heteroatoms. The van der Waals surface area contributed by atoms with E-state index in [2.05, 4.69) is 28.4 Å². The number of nitro benzene ring substituents is 1. The molecule has 39 heavy (non-hydrogen) atoms. The van der Waals surface area contributed by atoms with Gasteiger partial charge in [0.25, 0.3) is 5.69 Å². The van der Waals surface area contributed by atoms with Gasteiger partial charge in [-0.25, -0.2) is 9.97 Å². The standard InChI is InChI=1S/C25H18Cl2N4O4S4/c1-3-18(27)17(13(2)26)10-16(32)11-36-24-29-19-6-4-14(8-21(19)38-24)28-23(33)12-37-25-30-20-7-5-15(31(34)35)9-22(20)39-25/h3-9H,1-2,10-12H2,(H,28,33)/b18-17+. The van der Waals surface area contributed by atoms with Crippen LogP contribution in [0.15, 0.2) is 79.9 Å². The van der Waals surface area contributed by atoms with Crippen LogP contribution < -0.4 is 5.32 Å². The fraction of sp³-hybridized carbons (Fsp3) is 0.120. The smallest absolute Gasteiger partial charge is 0.270 e. The van der Waals surface area contributed by atoms with Gasteiger partial charge in [-0.05, 0) is 29.8 Å². The minimum atomic E-state index is -0.449. The van der Waals surface area contributed by atoms with Crippen molar-refractivity contribution in [2.24, 2.45) is 0 Å². The van der Waals surface area contributed by atoms with E-state index in [1.165, 1.54) is 64.4 Å². The van der Waals surface area contributed by atoms with Crippen LogP contribution in [0.5, 0.6) is 0 Å². The van der Waals surface area contributed by atoms with E-state index >= 15 is 0 Å². The Hall–Kier alpha value is -2.74. The quantitative estimate of drug-likeness (QED) is 0.0719. The summed E-state index contributed by atoms with van der Waals surface area (Å²) in [5, 5.41) is 14.3. The Labute approximate surface area is 249 Å². The largest absolute Gasteiger partial charge is 0.325 e. The van der Waals surface area contributed by atoms with E-state index in [-0.39, 0.29) is 40.3 Å². The van der Waals surface area contributed by atoms with Gasteiger partial charge in [0, 0.05) is 34.3 Å². The lowest BCUT2D eigenvalue weighted by Gasteiger charge is -2.06. The van der Waals surface area contributed by atoms with Gasteiger partial charge in [-0.3, -0.25) is 19.7 Å². The maximum atomic E-state index is 12.5. The second-order valence-corrected chi connectivity index (χ2v) is 13.2. The van der Waals surface area contributed by atoms with Crippen molar-refractivity contribution >= 4 is 113 Å². The molecule has 4 aromatic rings. The molecule has 0 saturated carbocycles. The van der Waals surface area contributed by atoms with E-state index in [9.17, 15) is 19.7 Å². The van der Waals surface area contributed by atoms with E-state index in [0.29, 0.717) is 30.8 Å². The Balaban J connectivity index is 1.33. The number of thiazole rings is 2. The van der Waals surface area contributed by atoms with E-state index < -0.39 is 4.92 Å². The van der Waals surface area contributed by atoms with Crippen LogP contribution >= 0.6 is 69.4 Å². The predicted molar refractivity (Wildman–Crippen MR) is 164 cm³/mol. The lowest BCUT2D eigenvalue weighted by atomic mass is 10.1. The summed E-state index contributed by atoms with van der Waals surface area (Å²) in [6, 6.07) is 9.90. The molecule has 0 fully saturated rings. The number of carbonyl (C=O) groups excluding carboxylic acids is 2. The molecule has 4 rings (SSSR count). The molecule has 2 aromatic heterocycles. The second kappa shape index (κ2) is 13.1. The SMILES string of the molecule is C=C/C(Cl)=C(/CC(=O)CSc1nc2ccc(NC(=O)CSc3nc4ccc([N+](=O)[O-])cc4s3)cc2s1)C(=C)Cl. The highest BCUT2D eigenvalue weighted by atomic mass is 35.5. The van der Waals surface area contributed by atoms with Crippen molar-refractivity contribution in [3.8, 4) is 0 Å². The molecule has 0 bridgehead atoms. The summed E-state index contributed by atoms with van der Waals surface area (Å²) in [6.45, 7) is 7.24. The monoisotopic (exact) mass is 636 g/mol. The van der Waals surface area contributed by atoms with Gasteiger partial charge in [0.15, 0.2) is 8.68 Å². The third-order valence-electron chi connectivity index (χ3n) is 5.07. The number of hydrogen-bond donors (Lipinski definition) is 1. The first kappa shape index (κ1) is 29.2. The zero-order chi connectivity index (χ0) is 28.1. The molecular weight excluding hydrogens is 619 g/mol. The summed E-state index contributed by atoms with van der Waals surface area (Å²) in [5.74, 6) is 0.0341. The van der Waals surface area contributed by atoms with Crippen LogP contribution in [-0.2, 0) is 9.59 Å². The molecule has 0 spiro atoms. The van der Waals surface area contributed by atoms with Crippen LogP contribution in [-0.4, -0.2) is 38.1 Å². The molecule has 0 aliphatic carbocycles. The van der Waals surface area contributed by atoms with Crippen molar-refractivity contribution in [1.29, 1.82) is 0 Å². The Kier molecular flexibility index (Phi) is 9.81. The van der Waals surface area contributed by atoms with Crippen LogP contribution in [0, 0.1) is 10.1 Å². The van der Waals surface area contributed by atoms with Crippen molar-refractivity contribution in [3.63, 3.8) is 0 Å². The number of aromatic nitrogens is 2. The predicted octanol–water partition coefficient (Wildman–Crippen LogP) is 8.03. The van der Waals surface area contributed by atoms with Crippen molar-refractivity contribution in [3.05, 3.63) is 81.4 Å². The first-order valence-electron chi connectivity index (χ1n) is 11.0. The number of Topliss-reactive ketones (excluding diaryl/α,β-unsaturated/α-hetero) is 1. The average molecular weight is 638 g/mol. The second-order valence-electron chi connectivity index (χ2n) is 7.83. The van der Waals surface area contributed by atoms with Crippen LogP contribution in [0.2, 0.25) is 0 Å². The van der Waals surface area contributed by atoms with Gasteiger partial charge < -0.3 is 5.32 Å². The Morgan fingerprint density at radius 3 is 2.26 bits per heavy atom. The van der Waals surface area contributed by atoms with E-state index in [1.54, 1.807) is 12.1 Å². The minimum Gasteiger partial charge on any atom is -0.325 e. The number of amides is 1. The lowest BCUT2D eigenvalue weighted by Crippen LogP contribution is -2.13. The Morgan fingerprint density at radius 1 is 1.03 bits per heavy atom. The molecule has 0 atom stereocenters. The number of nitrogens with zero attached hydrogens (tertiary/aromatic N) is 3. The Morgan fingerprint density at radius 2 is 1.64 bits per heavy atom. The van der Waals surface area contributed by atoms with E-state index in [0.717, 1.165) is 14.6 Å². The maximum absolute atomic E-state index is 12.5. The summed E-state index contributed by atoms with van der Waals surface area (Å²) in [5.41, 5.74) is 2.49. The van der Waals surface area contributed by atoms with Crippen molar-refractivity contribution in [2.75, 3.05) is 16.8 Å². The van der Waals surface area contributed by atoms with Gasteiger partial charge in [-0.2, -0.15) is 0 Å². The number of nitro groups is 1. The zero-order valence-corrected chi connectivity index (χ0v) is 24.7. The molecule has 8 nitrogen and oxygen atoms in total. The number of fused-ring (bicyclic) bond motifs is 2. The summed E-state index contributed by atoms with van der Waals surface area (Å²) >= 11 is 17.3. The van der Waals surface area contributed by atoms with Crippen LogP contribution in [0.4, 0.5) is 11.4 Å². The molecule has 0 radical (unpaired) electrons. The van der Waals surface area contributed by atoms with Crippen molar-refractivity contribution < 1.29 is 14.5 Å². The first-order chi connectivity index (χ1) is 18.6. The van der Waals surface area contributed by atoms with E-state index in [1.807, 2.05) is 12.1 Å². The van der Waals surface area contributed by atoms with Crippen molar-refractivity contribution in [1.82, 2.24) is 9.97 Å². The third-order valence-corrected chi connectivity index (χ3v) is 10.1. The number of carbonyl (C=O) groups is 2. The van der Waals surface area contributed by atoms with Gasteiger partial charge in [0.1, 0.15) is 5.78 Å². The molecule has 200 valence electrons. The average Bonchev–Trinajstić information content (AvgIpc) is 3.51. The van der Waals surface area contributed by atoms with Gasteiger partial charge in [-0.1, -0.05) is 66.0 Å². The highest BCUT2D eigenvalue weighted by Crippen LogP contribution is 2.34. The van der Waals surface area contributed by atoms with E-state index in [4.69, 9.17) is 23.2 Å². The number of rotatable bonds is 12. The fourth-order valence-corrected chi connectivity index (χ4v) is 7.53. The topological polar surface area (TPSA) is 115 Å². The number of ketones is 1. The minimum absolute atomic E-state index is 0.00406. The highest BCUT2D eigenvalue weighted by Gasteiger charge is 2.15. The number of nitrogens with one attached hydrogen (secondary N) is 1. The molecule has 2 aromatic carbocycles. The molecule has 2 heterocycles. The number of allylic oxidation sites excluding steroid dienone is 4. The lowest BCUT2D eigenvalue weighted by molar-refractivity contribution is -0.384. The summed E-state index contributed by atoms with van der Waals surface area (Å²) in [6.07, 6.45) is 1.47. The molecule has 0 aliphatic rings. The number of halogens is 2. The zero-order valence-electron chi connectivity index (χ0n) is 19.9. The Bertz CT molecular complexity index is 1660. The molecule has 0 saturated heterocycles. The number of benzene rings is 2. The first-order valence-corrected chi connectivity index (χ1v) is 15.4. The maximum Gasteiger partial charge on any atom is 0.270 e. The molecule has 1 amide bonds. The fourth-order valence-electron chi connectivity index (χ4n) is 3.26. The van der Waals surface area contributed by atoms with Gasteiger partial charge in [-0.15, -0.1) is 22.7 Å². The third kappa shape index (κ3) is 7.68. The van der Waals surface area contributed by atoms with Crippen molar-refractivity contribution in [2.45, 2.75) is 15.1 Å². The number of hydrogen-bond acceptors (Lipinski definition) is 10. The van der Waals surface area contributed by atoms with Gasteiger partial charge in [0.2, 0.25) is 5.91 Å². The van der Waals surface area contributed by atoms with Crippen LogP contribution in [0.3, 0.4) is 0 Å². The molecule has 1 N–H and O–H groups in total. The molecular formula is C25H18Cl2N4O4S4. The summed E-state index contributed by atoms with van der Waals surface area (Å²) in [4.78, 5) is 44.5. The van der Waals surface area contributed by atoms with Crippen LogP contribution in [0.25, 0.3) is 20.4 Å². The number of non-ortho nitro benzene ring substituents is 1. The normalized spacial score (nSPS) is 11.8. The summed E-state index contributed by atoms with van der Waals surface area (Å²) < 4.78 is 2.94. The van der Waals surface area contributed by atoms with Gasteiger partial charge >= 0.3 is 0 Å². The summed E-state index contributed by atoms with van der Waals surface area (Å²) in [7, 11) is 0. The van der Waals surface area contributed by atoms with Crippen LogP contribution in [0.1, 0.15) is 6.42 Å².